The SMILES string of the molecule is CN=C(NCCCN1CCN(c2ccccc2F)CC1)NCCc1nc(C)c(C)s1. The molecule has 0 atom stereocenters. The van der Waals surface area contributed by atoms with Crippen molar-refractivity contribution in [2.24, 2.45) is 4.99 Å². The number of nitrogens with one attached hydrogen (secondary N) is 2. The molecule has 164 valence electrons. The second-order valence-corrected chi connectivity index (χ2v) is 8.85. The Morgan fingerprint density at radius 2 is 1.87 bits per heavy atom. The summed E-state index contributed by atoms with van der Waals surface area (Å²) in [5, 5.41) is 7.92. The van der Waals surface area contributed by atoms with Gasteiger partial charge in [-0.3, -0.25) is 9.89 Å². The fraction of sp³-hybridized carbons (Fsp3) is 0.545. The fourth-order valence-electron chi connectivity index (χ4n) is 3.58. The molecule has 0 unspecified atom stereocenters. The van der Waals surface area contributed by atoms with Gasteiger partial charge in [-0.25, -0.2) is 9.37 Å². The van der Waals surface area contributed by atoms with Crippen molar-refractivity contribution in [1.82, 2.24) is 20.5 Å². The molecule has 0 amide bonds. The minimum Gasteiger partial charge on any atom is -0.367 e. The second kappa shape index (κ2) is 11.3. The summed E-state index contributed by atoms with van der Waals surface area (Å²) in [5.41, 5.74) is 1.85. The van der Waals surface area contributed by atoms with Crippen LogP contribution in [-0.2, 0) is 6.42 Å². The van der Waals surface area contributed by atoms with Gasteiger partial charge in [-0.15, -0.1) is 11.3 Å². The van der Waals surface area contributed by atoms with Crippen molar-refractivity contribution in [1.29, 1.82) is 0 Å². The summed E-state index contributed by atoms with van der Waals surface area (Å²) in [4.78, 5) is 14.8. The lowest BCUT2D eigenvalue weighted by Gasteiger charge is -2.36. The maximum atomic E-state index is 13.9. The Balaban J connectivity index is 1.29. The largest absolute Gasteiger partial charge is 0.367 e. The number of aryl methyl sites for hydroxylation is 2. The molecule has 6 nitrogen and oxygen atoms in total. The summed E-state index contributed by atoms with van der Waals surface area (Å²) in [6.45, 7) is 10.6. The van der Waals surface area contributed by atoms with E-state index in [4.69, 9.17) is 0 Å². The summed E-state index contributed by atoms with van der Waals surface area (Å²) in [6.07, 6.45) is 1.96. The van der Waals surface area contributed by atoms with Crippen LogP contribution in [0.5, 0.6) is 0 Å². The van der Waals surface area contributed by atoms with Crippen LogP contribution in [0.4, 0.5) is 10.1 Å². The van der Waals surface area contributed by atoms with Crippen molar-refractivity contribution < 1.29 is 4.39 Å². The molecule has 1 saturated heterocycles. The zero-order chi connectivity index (χ0) is 21.3. The number of rotatable bonds is 8. The first kappa shape index (κ1) is 22.5. The average molecular weight is 433 g/mol. The summed E-state index contributed by atoms with van der Waals surface area (Å²) in [5.74, 6) is 0.707. The maximum Gasteiger partial charge on any atom is 0.190 e. The number of benzene rings is 1. The lowest BCUT2D eigenvalue weighted by Crippen LogP contribution is -2.47. The summed E-state index contributed by atoms with van der Waals surface area (Å²) < 4.78 is 13.9. The minimum absolute atomic E-state index is 0.130. The number of thiazole rings is 1. The molecule has 1 fully saturated rings. The molecule has 1 aliphatic heterocycles. The average Bonchev–Trinajstić information content (AvgIpc) is 3.08. The lowest BCUT2D eigenvalue weighted by atomic mass is 10.2. The van der Waals surface area contributed by atoms with Crippen LogP contribution in [0.2, 0.25) is 0 Å². The molecule has 30 heavy (non-hydrogen) atoms. The van der Waals surface area contributed by atoms with Crippen molar-refractivity contribution >= 4 is 23.0 Å². The first-order valence-corrected chi connectivity index (χ1v) is 11.5. The molecule has 0 spiro atoms. The highest BCUT2D eigenvalue weighted by atomic mass is 32.1. The Morgan fingerprint density at radius 3 is 2.53 bits per heavy atom. The number of halogens is 1. The van der Waals surface area contributed by atoms with Crippen molar-refractivity contribution in [2.45, 2.75) is 26.7 Å². The van der Waals surface area contributed by atoms with Crippen LogP contribution in [0, 0.1) is 19.7 Å². The smallest absolute Gasteiger partial charge is 0.190 e. The standard InChI is InChI=1S/C22H33FN6S/c1-17-18(2)30-21(27-17)9-11-26-22(24-3)25-10-6-12-28-13-15-29(16-14-28)20-8-5-4-7-19(20)23/h4-5,7-8H,6,9-16H2,1-3H3,(H2,24,25,26). The van der Waals surface area contributed by atoms with E-state index in [1.165, 1.54) is 16.0 Å². The number of hydrogen-bond donors (Lipinski definition) is 2. The summed E-state index contributed by atoms with van der Waals surface area (Å²) >= 11 is 1.77. The first-order chi connectivity index (χ1) is 14.6. The molecule has 2 aromatic rings. The Kier molecular flexibility index (Phi) is 8.45. The predicted molar refractivity (Wildman–Crippen MR) is 124 cm³/mol. The number of aromatic nitrogens is 1. The molecule has 8 heteroatoms. The molecule has 0 saturated carbocycles. The van der Waals surface area contributed by atoms with Crippen LogP contribution in [0.1, 0.15) is 22.0 Å². The van der Waals surface area contributed by atoms with Crippen LogP contribution in [0.25, 0.3) is 0 Å². The fourth-order valence-corrected chi connectivity index (χ4v) is 4.52. The Morgan fingerprint density at radius 1 is 1.13 bits per heavy atom. The van der Waals surface area contributed by atoms with E-state index in [1.54, 1.807) is 24.5 Å². The van der Waals surface area contributed by atoms with E-state index in [0.29, 0.717) is 0 Å². The number of hydrogen-bond acceptors (Lipinski definition) is 5. The molecule has 3 rings (SSSR count). The summed E-state index contributed by atoms with van der Waals surface area (Å²) in [7, 11) is 1.80. The highest BCUT2D eigenvalue weighted by Crippen LogP contribution is 2.20. The predicted octanol–water partition coefficient (Wildman–Crippen LogP) is 2.82. The normalized spacial score (nSPS) is 15.5. The van der Waals surface area contributed by atoms with Gasteiger partial charge in [-0.05, 0) is 38.9 Å². The van der Waals surface area contributed by atoms with E-state index >= 15 is 0 Å². The van der Waals surface area contributed by atoms with E-state index < -0.39 is 0 Å². The minimum atomic E-state index is -0.130. The number of guanidine groups is 1. The highest BCUT2D eigenvalue weighted by Gasteiger charge is 2.18. The van der Waals surface area contributed by atoms with Gasteiger partial charge in [0.1, 0.15) is 5.82 Å². The van der Waals surface area contributed by atoms with Crippen molar-refractivity contribution in [2.75, 3.05) is 57.8 Å². The van der Waals surface area contributed by atoms with Crippen LogP contribution >= 0.6 is 11.3 Å². The molecule has 0 radical (unpaired) electrons. The molecule has 0 aliphatic carbocycles. The van der Waals surface area contributed by atoms with Crippen LogP contribution in [0.15, 0.2) is 29.3 Å². The Bertz CT molecular complexity index is 809. The number of nitrogens with zero attached hydrogens (tertiary/aromatic N) is 4. The van der Waals surface area contributed by atoms with Gasteiger partial charge >= 0.3 is 0 Å². The van der Waals surface area contributed by atoms with Crippen LogP contribution in [0.3, 0.4) is 0 Å². The quantitative estimate of drug-likeness (QED) is 0.382. The van der Waals surface area contributed by atoms with Gasteiger partial charge in [0.15, 0.2) is 5.96 Å². The van der Waals surface area contributed by atoms with E-state index in [-0.39, 0.29) is 5.82 Å². The van der Waals surface area contributed by atoms with Gasteiger partial charge < -0.3 is 15.5 Å². The third kappa shape index (κ3) is 6.40. The first-order valence-electron chi connectivity index (χ1n) is 10.7. The topological polar surface area (TPSA) is 55.8 Å². The third-order valence-corrected chi connectivity index (χ3v) is 6.57. The molecular formula is C22H33FN6S. The molecule has 1 aromatic heterocycles. The molecule has 1 aliphatic rings. The van der Waals surface area contributed by atoms with Crippen molar-refractivity contribution in [3.05, 3.63) is 45.7 Å². The van der Waals surface area contributed by atoms with Crippen LogP contribution in [-0.4, -0.2) is 68.7 Å². The van der Waals surface area contributed by atoms with E-state index in [2.05, 4.69) is 44.3 Å². The van der Waals surface area contributed by atoms with Gasteiger partial charge in [0.05, 0.1) is 16.4 Å². The number of para-hydroxylation sites is 1. The summed E-state index contributed by atoms with van der Waals surface area (Å²) in [6, 6.07) is 7.04. The zero-order valence-corrected chi connectivity index (χ0v) is 19.1. The van der Waals surface area contributed by atoms with Crippen LogP contribution < -0.4 is 15.5 Å². The number of piperazine rings is 1. The second-order valence-electron chi connectivity index (χ2n) is 7.56. The Labute approximate surface area is 183 Å². The van der Waals surface area contributed by atoms with E-state index in [9.17, 15) is 4.39 Å². The number of aliphatic imine (C=N–C) groups is 1. The van der Waals surface area contributed by atoms with E-state index in [0.717, 1.165) is 76.0 Å². The van der Waals surface area contributed by atoms with Gasteiger partial charge in [-0.1, -0.05) is 12.1 Å². The maximum absolute atomic E-state index is 13.9. The van der Waals surface area contributed by atoms with Crippen molar-refractivity contribution in [3.8, 4) is 0 Å². The Hall–Kier alpha value is -2.19. The molecule has 1 aromatic carbocycles. The molecule has 2 heterocycles. The number of anilines is 1. The highest BCUT2D eigenvalue weighted by molar-refractivity contribution is 7.11. The third-order valence-electron chi connectivity index (χ3n) is 5.44. The van der Waals surface area contributed by atoms with Crippen molar-refractivity contribution in [3.63, 3.8) is 0 Å². The monoisotopic (exact) mass is 432 g/mol. The molecule has 2 N–H and O–H groups in total. The van der Waals surface area contributed by atoms with Gasteiger partial charge in [0, 0.05) is 57.6 Å². The van der Waals surface area contributed by atoms with Gasteiger partial charge in [0.25, 0.3) is 0 Å². The lowest BCUT2D eigenvalue weighted by molar-refractivity contribution is 0.254. The van der Waals surface area contributed by atoms with E-state index in [1.807, 2.05) is 12.1 Å². The van der Waals surface area contributed by atoms with Gasteiger partial charge in [-0.2, -0.15) is 0 Å². The molecular weight excluding hydrogens is 399 g/mol. The zero-order valence-electron chi connectivity index (χ0n) is 18.2. The molecule has 0 bridgehead atoms. The van der Waals surface area contributed by atoms with Gasteiger partial charge in [0.2, 0.25) is 0 Å².